The number of anilines is 1. The minimum absolute atomic E-state index is 0.266. The molecule has 1 fully saturated rings. The Bertz CT molecular complexity index is 451. The number of likely N-dealkylation sites (N-methyl/N-ethyl adjacent to an activating group) is 1. The third-order valence-corrected chi connectivity index (χ3v) is 3.74. The molecule has 1 aliphatic heterocycles. The van der Waals surface area contributed by atoms with Crippen LogP contribution in [0, 0.1) is 0 Å². The largest absolute Gasteiger partial charge is 0.416 e. The highest BCUT2D eigenvalue weighted by Gasteiger charge is 2.33. The molecule has 0 spiro atoms. The number of piperazine rings is 1. The van der Waals surface area contributed by atoms with E-state index >= 15 is 0 Å². The highest BCUT2D eigenvalue weighted by atomic mass is 19.4. The van der Waals surface area contributed by atoms with Gasteiger partial charge in [-0.15, -0.1) is 0 Å². The van der Waals surface area contributed by atoms with Gasteiger partial charge in [-0.1, -0.05) is 6.92 Å². The van der Waals surface area contributed by atoms with Gasteiger partial charge in [-0.3, -0.25) is 4.90 Å². The van der Waals surface area contributed by atoms with Gasteiger partial charge in [-0.25, -0.2) is 0 Å². The number of alkyl halides is 3. The van der Waals surface area contributed by atoms with Crippen LogP contribution in [0.3, 0.4) is 0 Å². The monoisotopic (exact) mass is 287 g/mol. The second-order valence-electron chi connectivity index (χ2n) is 5.12. The maximum absolute atomic E-state index is 13.0. The number of nitrogens with zero attached hydrogens (tertiary/aromatic N) is 2. The minimum atomic E-state index is -4.33. The Morgan fingerprint density at radius 1 is 1.10 bits per heavy atom. The van der Waals surface area contributed by atoms with Crippen LogP contribution in [0.4, 0.5) is 18.9 Å². The molecule has 3 nitrogen and oxygen atoms in total. The molecule has 2 rings (SSSR count). The molecular weight excluding hydrogens is 267 g/mol. The SMILES string of the molecule is CCN1CCN(Cc2cc(N)ccc2C(F)(F)F)CC1. The molecule has 1 aromatic rings. The van der Waals surface area contributed by atoms with Crippen LogP contribution in [-0.4, -0.2) is 42.5 Å². The van der Waals surface area contributed by atoms with Crippen molar-refractivity contribution in [2.45, 2.75) is 19.6 Å². The molecule has 2 N–H and O–H groups in total. The normalized spacial score (nSPS) is 18.4. The molecule has 1 aromatic carbocycles. The van der Waals surface area contributed by atoms with Crippen molar-refractivity contribution < 1.29 is 13.2 Å². The van der Waals surface area contributed by atoms with Gasteiger partial charge in [0.1, 0.15) is 0 Å². The van der Waals surface area contributed by atoms with Crippen LogP contribution in [0.2, 0.25) is 0 Å². The summed E-state index contributed by atoms with van der Waals surface area (Å²) in [6.45, 7) is 6.77. The Hall–Kier alpha value is -1.27. The summed E-state index contributed by atoms with van der Waals surface area (Å²) in [5.41, 5.74) is 5.69. The van der Waals surface area contributed by atoms with E-state index < -0.39 is 11.7 Å². The first-order chi connectivity index (χ1) is 9.40. The van der Waals surface area contributed by atoms with Gasteiger partial charge in [-0.05, 0) is 30.3 Å². The fraction of sp³-hybridized carbons (Fsp3) is 0.571. The molecule has 6 heteroatoms. The lowest BCUT2D eigenvalue weighted by Gasteiger charge is -2.34. The average molecular weight is 287 g/mol. The minimum Gasteiger partial charge on any atom is -0.399 e. The third-order valence-electron chi connectivity index (χ3n) is 3.74. The van der Waals surface area contributed by atoms with Gasteiger partial charge in [0.2, 0.25) is 0 Å². The fourth-order valence-corrected chi connectivity index (χ4v) is 2.53. The molecule has 0 atom stereocenters. The molecule has 1 aliphatic rings. The molecule has 0 bridgehead atoms. The average Bonchev–Trinajstić information content (AvgIpc) is 2.38. The van der Waals surface area contributed by atoms with Gasteiger partial charge in [0, 0.05) is 38.4 Å². The first-order valence-electron chi connectivity index (χ1n) is 6.80. The van der Waals surface area contributed by atoms with Crippen molar-refractivity contribution in [2.24, 2.45) is 0 Å². The van der Waals surface area contributed by atoms with Gasteiger partial charge in [0.25, 0.3) is 0 Å². The number of nitrogens with two attached hydrogens (primary N) is 1. The van der Waals surface area contributed by atoms with E-state index in [0.29, 0.717) is 12.2 Å². The smallest absolute Gasteiger partial charge is 0.399 e. The van der Waals surface area contributed by atoms with Gasteiger partial charge in [0.15, 0.2) is 0 Å². The van der Waals surface area contributed by atoms with Crippen molar-refractivity contribution in [1.29, 1.82) is 0 Å². The van der Waals surface area contributed by atoms with Crippen molar-refractivity contribution in [1.82, 2.24) is 9.80 Å². The zero-order valence-electron chi connectivity index (χ0n) is 11.6. The third kappa shape index (κ3) is 3.64. The summed E-state index contributed by atoms with van der Waals surface area (Å²) < 4.78 is 39.0. The Morgan fingerprint density at radius 3 is 2.25 bits per heavy atom. The lowest BCUT2D eigenvalue weighted by atomic mass is 10.1. The van der Waals surface area contributed by atoms with Gasteiger partial charge in [0.05, 0.1) is 5.56 Å². The number of benzene rings is 1. The number of rotatable bonds is 3. The number of hydrogen-bond donors (Lipinski definition) is 1. The van der Waals surface area contributed by atoms with Crippen molar-refractivity contribution in [2.75, 3.05) is 38.5 Å². The number of halogens is 3. The van der Waals surface area contributed by atoms with Crippen molar-refractivity contribution in [3.63, 3.8) is 0 Å². The lowest BCUT2D eigenvalue weighted by molar-refractivity contribution is -0.138. The number of nitrogen functional groups attached to an aromatic ring is 1. The second-order valence-corrected chi connectivity index (χ2v) is 5.12. The van der Waals surface area contributed by atoms with E-state index in [1.165, 1.54) is 12.1 Å². The molecular formula is C14H20F3N3. The maximum atomic E-state index is 13.0. The molecule has 0 unspecified atom stereocenters. The standard InChI is InChI=1S/C14H20F3N3/c1-2-19-5-7-20(8-6-19)10-11-9-12(18)3-4-13(11)14(15,16)17/h3-4,9H,2,5-8,10,18H2,1H3. The highest BCUT2D eigenvalue weighted by Crippen LogP contribution is 2.33. The molecule has 1 saturated heterocycles. The highest BCUT2D eigenvalue weighted by molar-refractivity contribution is 5.45. The van der Waals surface area contributed by atoms with Crippen molar-refractivity contribution in [3.05, 3.63) is 29.3 Å². The summed E-state index contributed by atoms with van der Waals surface area (Å²) in [6, 6.07) is 3.82. The van der Waals surface area contributed by atoms with Gasteiger partial charge in [-0.2, -0.15) is 13.2 Å². The molecule has 20 heavy (non-hydrogen) atoms. The van der Waals surface area contributed by atoms with Crippen LogP contribution in [0.25, 0.3) is 0 Å². The van der Waals surface area contributed by atoms with Crippen molar-refractivity contribution >= 4 is 5.69 Å². The van der Waals surface area contributed by atoms with E-state index in [4.69, 9.17) is 5.73 Å². The number of hydrogen-bond acceptors (Lipinski definition) is 3. The van der Waals surface area contributed by atoms with Crippen LogP contribution >= 0.6 is 0 Å². The maximum Gasteiger partial charge on any atom is 0.416 e. The van der Waals surface area contributed by atoms with E-state index in [1.807, 2.05) is 0 Å². The molecule has 0 aromatic heterocycles. The van der Waals surface area contributed by atoms with E-state index in [-0.39, 0.29) is 5.56 Å². The molecule has 1 heterocycles. The zero-order chi connectivity index (χ0) is 14.8. The lowest BCUT2D eigenvalue weighted by Crippen LogP contribution is -2.45. The van der Waals surface area contributed by atoms with Crippen LogP contribution in [-0.2, 0) is 12.7 Å². The first kappa shape index (κ1) is 15.1. The summed E-state index contributed by atoms with van der Waals surface area (Å²) in [7, 11) is 0. The van der Waals surface area contributed by atoms with Crippen LogP contribution in [0.5, 0.6) is 0 Å². The molecule has 0 aliphatic carbocycles. The Labute approximate surface area is 117 Å². The van der Waals surface area contributed by atoms with E-state index in [2.05, 4.69) is 16.7 Å². The molecule has 112 valence electrons. The van der Waals surface area contributed by atoms with E-state index in [1.54, 1.807) is 0 Å². The van der Waals surface area contributed by atoms with Gasteiger partial charge >= 0.3 is 6.18 Å². The zero-order valence-corrected chi connectivity index (χ0v) is 11.6. The van der Waals surface area contributed by atoms with E-state index in [9.17, 15) is 13.2 Å². The molecule has 0 saturated carbocycles. The van der Waals surface area contributed by atoms with Gasteiger partial charge < -0.3 is 10.6 Å². The molecule has 0 radical (unpaired) electrons. The fourth-order valence-electron chi connectivity index (χ4n) is 2.53. The van der Waals surface area contributed by atoms with Crippen molar-refractivity contribution in [3.8, 4) is 0 Å². The summed E-state index contributed by atoms with van der Waals surface area (Å²) in [5, 5.41) is 0. The second kappa shape index (κ2) is 6.01. The van der Waals surface area contributed by atoms with E-state index in [0.717, 1.165) is 38.8 Å². The predicted octanol–water partition coefficient (Wildman–Crippen LogP) is 2.43. The Kier molecular flexibility index (Phi) is 4.55. The topological polar surface area (TPSA) is 32.5 Å². The summed E-state index contributed by atoms with van der Waals surface area (Å²) in [6.07, 6.45) is -4.33. The van der Waals surface area contributed by atoms with Crippen LogP contribution in [0.1, 0.15) is 18.1 Å². The predicted molar refractivity (Wildman–Crippen MR) is 73.2 cm³/mol. The Balaban J connectivity index is 2.11. The van der Waals surface area contributed by atoms with Crippen LogP contribution < -0.4 is 5.73 Å². The van der Waals surface area contributed by atoms with Crippen LogP contribution in [0.15, 0.2) is 18.2 Å². The Morgan fingerprint density at radius 2 is 1.70 bits per heavy atom. The summed E-state index contributed by atoms with van der Waals surface area (Å²) in [5.74, 6) is 0. The quantitative estimate of drug-likeness (QED) is 0.867. The summed E-state index contributed by atoms with van der Waals surface area (Å²) >= 11 is 0. The summed E-state index contributed by atoms with van der Waals surface area (Å²) in [4.78, 5) is 4.34. The molecule has 0 amide bonds. The first-order valence-corrected chi connectivity index (χ1v) is 6.80.